The molecule has 0 radical (unpaired) electrons. The molecule has 208 valence electrons. The minimum Gasteiger partial charge on any atom is -0.493 e. The standard InChI is InChI=1S/C30H38N4O4S/c1-37-27-13-8-22(18-28(27)38-24-4-2-3-5-24)26-12-15-30(36)34(33-26)20-21-6-9-23(10-7-21)32-29(35)14-11-25-19-31-16-17-39-25/h6-10,13,18,24-25,31H,2-5,11-12,14-17,19-20H2,1H3,(H,32,35). The number of amides is 2. The van der Waals surface area contributed by atoms with E-state index in [4.69, 9.17) is 14.6 Å². The van der Waals surface area contributed by atoms with Crippen LogP contribution in [0.15, 0.2) is 47.6 Å². The van der Waals surface area contributed by atoms with Gasteiger partial charge in [0, 0.05) is 54.6 Å². The van der Waals surface area contributed by atoms with E-state index in [1.165, 1.54) is 12.8 Å². The van der Waals surface area contributed by atoms with Gasteiger partial charge in [0.25, 0.3) is 0 Å². The quantitative estimate of drug-likeness (QED) is 0.434. The van der Waals surface area contributed by atoms with Crippen molar-refractivity contribution in [2.75, 3.05) is 31.3 Å². The molecule has 3 aliphatic rings. The van der Waals surface area contributed by atoms with Gasteiger partial charge in [-0.05, 0) is 68.0 Å². The fraction of sp³-hybridized carbons (Fsp3) is 0.500. The Hall–Kier alpha value is -3.04. The highest BCUT2D eigenvalue weighted by Gasteiger charge is 2.24. The Kier molecular flexibility index (Phi) is 9.42. The molecule has 2 aliphatic heterocycles. The van der Waals surface area contributed by atoms with Gasteiger partial charge in [0.05, 0.1) is 25.5 Å². The van der Waals surface area contributed by atoms with Gasteiger partial charge in [-0.3, -0.25) is 9.59 Å². The first kappa shape index (κ1) is 27.5. The van der Waals surface area contributed by atoms with E-state index < -0.39 is 0 Å². The smallest absolute Gasteiger partial charge is 0.243 e. The van der Waals surface area contributed by atoms with Crippen LogP contribution in [0.5, 0.6) is 11.5 Å². The molecule has 1 unspecified atom stereocenters. The molecule has 0 aromatic heterocycles. The summed E-state index contributed by atoms with van der Waals surface area (Å²) >= 11 is 1.94. The van der Waals surface area contributed by atoms with Crippen molar-refractivity contribution in [3.05, 3.63) is 53.6 Å². The third kappa shape index (κ3) is 7.54. The Labute approximate surface area is 234 Å². The Balaban J connectivity index is 1.20. The molecular weight excluding hydrogens is 512 g/mol. The van der Waals surface area contributed by atoms with Crippen LogP contribution in [0.2, 0.25) is 0 Å². The summed E-state index contributed by atoms with van der Waals surface area (Å²) in [6, 6.07) is 13.5. The van der Waals surface area contributed by atoms with Gasteiger partial charge < -0.3 is 20.1 Å². The van der Waals surface area contributed by atoms with E-state index in [9.17, 15) is 9.59 Å². The summed E-state index contributed by atoms with van der Waals surface area (Å²) in [6.07, 6.45) is 7.13. The summed E-state index contributed by atoms with van der Waals surface area (Å²) in [5.41, 5.74) is 3.53. The number of nitrogens with zero attached hydrogens (tertiary/aromatic N) is 2. The molecule has 0 spiro atoms. The third-order valence-corrected chi connectivity index (χ3v) is 8.78. The van der Waals surface area contributed by atoms with Crippen LogP contribution in [-0.4, -0.2) is 59.8 Å². The first-order valence-electron chi connectivity index (χ1n) is 14.0. The van der Waals surface area contributed by atoms with Gasteiger partial charge in [-0.2, -0.15) is 16.9 Å². The highest BCUT2D eigenvalue weighted by Crippen LogP contribution is 2.33. The van der Waals surface area contributed by atoms with Crippen molar-refractivity contribution in [1.82, 2.24) is 10.3 Å². The van der Waals surface area contributed by atoms with E-state index in [2.05, 4.69) is 10.6 Å². The number of hydrazone groups is 1. The molecule has 5 rings (SSSR count). The zero-order valence-corrected chi connectivity index (χ0v) is 23.4. The lowest BCUT2D eigenvalue weighted by molar-refractivity contribution is -0.132. The number of methoxy groups -OCH3 is 1. The number of benzene rings is 2. The third-order valence-electron chi connectivity index (χ3n) is 7.47. The molecule has 2 amide bonds. The fourth-order valence-electron chi connectivity index (χ4n) is 5.25. The summed E-state index contributed by atoms with van der Waals surface area (Å²) in [5, 5.41) is 13.1. The number of carbonyl (C=O) groups excluding carboxylic acids is 2. The Morgan fingerprint density at radius 3 is 2.69 bits per heavy atom. The molecule has 9 heteroatoms. The van der Waals surface area contributed by atoms with Gasteiger partial charge in [-0.15, -0.1) is 0 Å². The van der Waals surface area contributed by atoms with E-state index >= 15 is 0 Å². The largest absolute Gasteiger partial charge is 0.493 e. The fourth-order valence-corrected chi connectivity index (χ4v) is 6.37. The second-order valence-electron chi connectivity index (χ2n) is 10.4. The lowest BCUT2D eigenvalue weighted by Crippen LogP contribution is -2.33. The number of hydrogen-bond acceptors (Lipinski definition) is 7. The van der Waals surface area contributed by atoms with Crippen LogP contribution in [-0.2, 0) is 16.1 Å². The molecule has 2 aromatic carbocycles. The molecule has 8 nitrogen and oxygen atoms in total. The highest BCUT2D eigenvalue weighted by atomic mass is 32.2. The summed E-state index contributed by atoms with van der Waals surface area (Å²) in [4.78, 5) is 25.1. The minimum atomic E-state index is 0.00198. The van der Waals surface area contributed by atoms with Crippen LogP contribution in [0.1, 0.15) is 62.5 Å². The van der Waals surface area contributed by atoms with E-state index in [-0.39, 0.29) is 17.9 Å². The van der Waals surface area contributed by atoms with Gasteiger partial charge in [-0.1, -0.05) is 12.1 Å². The number of carbonyl (C=O) groups is 2. The molecule has 2 N–H and O–H groups in total. The Morgan fingerprint density at radius 1 is 1.13 bits per heavy atom. The maximum Gasteiger partial charge on any atom is 0.243 e. The molecular formula is C30H38N4O4S. The number of thioether (sulfide) groups is 1. The van der Waals surface area contributed by atoms with E-state index in [0.29, 0.717) is 36.8 Å². The van der Waals surface area contributed by atoms with Gasteiger partial charge in [0.15, 0.2) is 11.5 Å². The number of hydrogen-bond donors (Lipinski definition) is 2. The Bertz CT molecular complexity index is 1170. The van der Waals surface area contributed by atoms with Crippen LogP contribution in [0, 0.1) is 0 Å². The second-order valence-corrected chi connectivity index (χ2v) is 11.8. The molecule has 1 saturated heterocycles. The van der Waals surface area contributed by atoms with Crippen molar-refractivity contribution < 1.29 is 19.1 Å². The predicted molar refractivity (Wildman–Crippen MR) is 156 cm³/mol. The van der Waals surface area contributed by atoms with Crippen LogP contribution in [0.4, 0.5) is 5.69 Å². The van der Waals surface area contributed by atoms with Crippen molar-refractivity contribution in [1.29, 1.82) is 0 Å². The lowest BCUT2D eigenvalue weighted by atomic mass is 10.0. The summed E-state index contributed by atoms with van der Waals surface area (Å²) in [5.74, 6) is 2.59. The maximum atomic E-state index is 12.7. The van der Waals surface area contributed by atoms with Gasteiger partial charge in [-0.25, -0.2) is 5.01 Å². The molecule has 1 aliphatic carbocycles. The molecule has 2 fully saturated rings. The van der Waals surface area contributed by atoms with Crippen molar-refractivity contribution in [2.24, 2.45) is 5.10 Å². The molecule has 2 heterocycles. The summed E-state index contributed by atoms with van der Waals surface area (Å²) < 4.78 is 11.8. The first-order chi connectivity index (χ1) is 19.1. The zero-order chi connectivity index (χ0) is 27.0. The lowest BCUT2D eigenvalue weighted by Gasteiger charge is -2.24. The molecule has 2 aromatic rings. The number of rotatable bonds is 10. The number of nitrogens with one attached hydrogen (secondary N) is 2. The van der Waals surface area contributed by atoms with E-state index in [1.807, 2.05) is 54.2 Å². The van der Waals surface area contributed by atoms with Crippen molar-refractivity contribution in [2.45, 2.75) is 69.3 Å². The van der Waals surface area contributed by atoms with Crippen LogP contribution >= 0.6 is 11.8 Å². The number of anilines is 1. The molecule has 39 heavy (non-hydrogen) atoms. The predicted octanol–water partition coefficient (Wildman–Crippen LogP) is 4.97. The topological polar surface area (TPSA) is 92.3 Å². The Morgan fingerprint density at radius 2 is 1.95 bits per heavy atom. The van der Waals surface area contributed by atoms with Gasteiger partial charge in [0.1, 0.15) is 0 Å². The average Bonchev–Trinajstić information content (AvgIpc) is 3.48. The zero-order valence-electron chi connectivity index (χ0n) is 22.6. The normalized spacial score (nSPS) is 20.0. The van der Waals surface area contributed by atoms with Crippen molar-refractivity contribution in [3.8, 4) is 11.5 Å². The van der Waals surface area contributed by atoms with E-state index in [1.54, 1.807) is 12.1 Å². The monoisotopic (exact) mass is 550 g/mol. The van der Waals surface area contributed by atoms with Crippen LogP contribution < -0.4 is 20.1 Å². The maximum absolute atomic E-state index is 12.7. The second kappa shape index (κ2) is 13.3. The molecule has 0 bridgehead atoms. The first-order valence-corrected chi connectivity index (χ1v) is 15.1. The summed E-state index contributed by atoms with van der Waals surface area (Å²) in [6.45, 7) is 2.40. The van der Waals surface area contributed by atoms with Crippen LogP contribution in [0.25, 0.3) is 0 Å². The average molecular weight is 551 g/mol. The van der Waals surface area contributed by atoms with Crippen LogP contribution in [0.3, 0.4) is 0 Å². The molecule has 1 saturated carbocycles. The summed E-state index contributed by atoms with van der Waals surface area (Å²) in [7, 11) is 1.65. The van der Waals surface area contributed by atoms with E-state index in [0.717, 1.165) is 66.4 Å². The van der Waals surface area contributed by atoms with Gasteiger partial charge in [0.2, 0.25) is 11.8 Å². The van der Waals surface area contributed by atoms with Crippen molar-refractivity contribution in [3.63, 3.8) is 0 Å². The molecule has 1 atom stereocenters. The highest BCUT2D eigenvalue weighted by molar-refractivity contribution is 8.00. The number of ether oxygens (including phenoxy) is 2. The minimum absolute atomic E-state index is 0.00198. The van der Waals surface area contributed by atoms with Crippen molar-refractivity contribution >= 4 is 35.0 Å². The SMILES string of the molecule is COc1ccc(C2=NN(Cc3ccc(NC(=O)CCC4CNCCS4)cc3)C(=O)CC2)cc1OC1CCCC1. The van der Waals surface area contributed by atoms with Gasteiger partial charge >= 0.3 is 0 Å².